The highest BCUT2D eigenvalue weighted by Crippen LogP contribution is 2.18. The number of hydrogen-bond acceptors (Lipinski definition) is 4. The third-order valence-electron chi connectivity index (χ3n) is 5.26. The summed E-state index contributed by atoms with van der Waals surface area (Å²) in [5.41, 5.74) is 7.48. The van der Waals surface area contributed by atoms with Crippen LogP contribution in [-0.2, 0) is 6.42 Å². The molecule has 3 aromatic rings. The molecule has 1 heterocycles. The molecule has 0 bridgehead atoms. The number of carbonyl (C=O) groups is 1. The first-order valence-electron chi connectivity index (χ1n) is 10.8. The third kappa shape index (κ3) is 6.55. The Morgan fingerprint density at radius 1 is 1.12 bits per heavy atom. The molecule has 0 saturated carbocycles. The van der Waals surface area contributed by atoms with E-state index in [1.165, 1.54) is 48.5 Å². The highest BCUT2D eigenvalue weighted by atomic mass is 19.1. The van der Waals surface area contributed by atoms with Crippen LogP contribution in [0.4, 0.5) is 8.78 Å². The quantitative estimate of drug-likeness (QED) is 0.343. The van der Waals surface area contributed by atoms with E-state index in [9.17, 15) is 18.7 Å². The summed E-state index contributed by atoms with van der Waals surface area (Å²) >= 11 is 0. The van der Waals surface area contributed by atoms with Crippen LogP contribution >= 0.6 is 0 Å². The smallest absolute Gasteiger partial charge is 0.252 e. The lowest BCUT2D eigenvalue weighted by Crippen LogP contribution is -2.43. The summed E-state index contributed by atoms with van der Waals surface area (Å²) in [6, 6.07) is 14.7. The fourth-order valence-corrected chi connectivity index (χ4v) is 3.57. The Morgan fingerprint density at radius 3 is 2.56 bits per heavy atom. The molecule has 1 amide bonds. The molecule has 0 aliphatic carbocycles. The Labute approximate surface area is 196 Å². The summed E-state index contributed by atoms with van der Waals surface area (Å²) in [7, 11) is 0. The zero-order valence-corrected chi connectivity index (χ0v) is 18.5. The van der Waals surface area contributed by atoms with Gasteiger partial charge < -0.3 is 16.2 Å². The first-order chi connectivity index (χ1) is 16.4. The number of carbonyl (C=O) groups excluding carboxylic acids is 1. The van der Waals surface area contributed by atoms with Gasteiger partial charge in [0, 0.05) is 42.7 Å². The normalized spacial score (nSPS) is 12.3. The zero-order chi connectivity index (χ0) is 24.5. The summed E-state index contributed by atoms with van der Waals surface area (Å²) < 4.78 is 28.0. The van der Waals surface area contributed by atoms with Crippen LogP contribution in [0.2, 0.25) is 0 Å². The molecule has 8 heteroatoms. The average molecular weight is 466 g/mol. The number of allylic oxidation sites excluding steroid dienone is 1. The number of halogens is 2. The van der Waals surface area contributed by atoms with Crippen LogP contribution in [-0.4, -0.2) is 34.4 Å². The first-order valence-corrected chi connectivity index (χ1v) is 10.8. The minimum atomic E-state index is -0.676. The van der Waals surface area contributed by atoms with Gasteiger partial charge in [-0.2, -0.15) is 0 Å². The van der Waals surface area contributed by atoms with Gasteiger partial charge in [-0.05, 0) is 54.8 Å². The highest BCUT2D eigenvalue weighted by molar-refractivity contribution is 6.14. The molecule has 0 unspecified atom stereocenters. The molecule has 176 valence electrons. The van der Waals surface area contributed by atoms with E-state index in [1.54, 1.807) is 12.3 Å². The van der Waals surface area contributed by atoms with Gasteiger partial charge in [0.1, 0.15) is 11.6 Å². The largest absolute Gasteiger partial charge is 0.398 e. The molecular weight excluding hydrogens is 438 g/mol. The lowest BCUT2D eigenvalue weighted by atomic mass is 9.98. The van der Waals surface area contributed by atoms with E-state index in [4.69, 9.17) is 11.1 Å². The second kappa shape index (κ2) is 11.8. The lowest BCUT2D eigenvalue weighted by Gasteiger charge is -2.19. The molecular formula is C26H27F2N4O2+. The van der Waals surface area contributed by atoms with Crippen LogP contribution < -0.4 is 16.5 Å². The van der Waals surface area contributed by atoms with Crippen LogP contribution in [0.3, 0.4) is 0 Å². The number of aliphatic hydroxyl groups excluding tert-OH is 1. The third-order valence-corrected chi connectivity index (χ3v) is 5.26. The maximum absolute atomic E-state index is 14.8. The monoisotopic (exact) mass is 465 g/mol. The summed E-state index contributed by atoms with van der Waals surface area (Å²) in [4.78, 5) is 17.4. The maximum Gasteiger partial charge on any atom is 0.252 e. The molecule has 0 aliphatic heterocycles. The van der Waals surface area contributed by atoms with E-state index in [2.05, 4.69) is 10.3 Å². The van der Waals surface area contributed by atoms with Crippen molar-refractivity contribution in [3.63, 3.8) is 0 Å². The lowest BCUT2D eigenvalue weighted by molar-refractivity contribution is -0.111. The van der Waals surface area contributed by atoms with Crippen LogP contribution in [0.5, 0.6) is 0 Å². The Hall–Kier alpha value is -3.91. The van der Waals surface area contributed by atoms with E-state index in [-0.39, 0.29) is 35.2 Å². The number of pyridine rings is 1. The van der Waals surface area contributed by atoms with Crippen LogP contribution in [0.25, 0.3) is 5.70 Å². The Morgan fingerprint density at radius 2 is 1.88 bits per heavy atom. The minimum Gasteiger partial charge on any atom is -0.398 e. The number of nitrogens with zero attached hydrogens (tertiary/aromatic N) is 1. The molecule has 6 N–H and O–H groups in total. The van der Waals surface area contributed by atoms with Gasteiger partial charge in [0.2, 0.25) is 5.71 Å². The van der Waals surface area contributed by atoms with Gasteiger partial charge in [-0.25, -0.2) is 8.78 Å². The van der Waals surface area contributed by atoms with Gasteiger partial charge >= 0.3 is 0 Å². The summed E-state index contributed by atoms with van der Waals surface area (Å²) in [6.45, 7) is -0.0199. The van der Waals surface area contributed by atoms with Crippen LogP contribution in [0.1, 0.15) is 40.0 Å². The van der Waals surface area contributed by atoms with Crippen LogP contribution in [0.15, 0.2) is 72.9 Å². The molecule has 2 aromatic carbocycles. The van der Waals surface area contributed by atoms with Crippen molar-refractivity contribution in [3.8, 4) is 0 Å². The van der Waals surface area contributed by atoms with Crippen LogP contribution in [0, 0.1) is 11.6 Å². The van der Waals surface area contributed by atoms with Crippen molar-refractivity contribution < 1.29 is 24.1 Å². The topological polar surface area (TPSA) is 114 Å². The Bertz CT molecular complexity index is 1170. The van der Waals surface area contributed by atoms with E-state index >= 15 is 0 Å². The van der Waals surface area contributed by atoms with Crippen molar-refractivity contribution in [3.05, 3.63) is 107 Å². The fourth-order valence-electron chi connectivity index (χ4n) is 3.57. The van der Waals surface area contributed by atoms with E-state index in [0.29, 0.717) is 24.8 Å². The average Bonchev–Trinajstić information content (AvgIpc) is 2.83. The van der Waals surface area contributed by atoms with Crippen molar-refractivity contribution in [1.29, 1.82) is 0 Å². The molecule has 0 aliphatic rings. The van der Waals surface area contributed by atoms with Gasteiger partial charge in [-0.15, -0.1) is 0 Å². The summed E-state index contributed by atoms with van der Waals surface area (Å²) in [5, 5.41) is 18.3. The van der Waals surface area contributed by atoms with Gasteiger partial charge in [0.25, 0.3) is 5.91 Å². The second-order valence-electron chi connectivity index (χ2n) is 7.79. The predicted molar refractivity (Wildman–Crippen MR) is 127 cm³/mol. The molecule has 6 nitrogen and oxygen atoms in total. The van der Waals surface area contributed by atoms with Gasteiger partial charge in [-0.1, -0.05) is 24.3 Å². The van der Waals surface area contributed by atoms with Gasteiger partial charge in [-0.3, -0.25) is 15.2 Å². The van der Waals surface area contributed by atoms with E-state index < -0.39 is 17.5 Å². The minimum absolute atomic E-state index is 0.0199. The number of aromatic nitrogens is 1. The molecule has 0 fully saturated rings. The van der Waals surface area contributed by atoms with E-state index in [0.717, 1.165) is 5.69 Å². The highest BCUT2D eigenvalue weighted by Gasteiger charge is 2.23. The van der Waals surface area contributed by atoms with Gasteiger partial charge in [0.05, 0.1) is 11.1 Å². The number of hydrogen-bond donors (Lipinski definition) is 4. The predicted octanol–water partition coefficient (Wildman–Crippen LogP) is 2.02. The van der Waals surface area contributed by atoms with Crippen molar-refractivity contribution in [2.24, 2.45) is 5.73 Å². The molecule has 1 atom stereocenters. The standard InChI is InChI=1S/C26H26F2N4O2/c27-18-11-9-17(10-12-18)23(29)16-24(30)25-21(7-3-8-22(25)28)26(34)32-20(6-4-14-33)15-19-5-1-2-13-31-19/h1-3,5,7-13,16,20,30,33H,4,6,14-15,29H2,(H,32,34)/p+1/b23-16-,30-24?/t20-/m0/s1. The van der Waals surface area contributed by atoms with Gasteiger partial charge in [0.15, 0.2) is 0 Å². The van der Waals surface area contributed by atoms with E-state index in [1.807, 2.05) is 12.1 Å². The number of nitrogens with one attached hydrogen (secondary N) is 1. The first kappa shape index (κ1) is 24.7. The fraction of sp³-hybridized carbons (Fsp3) is 0.192. The number of amides is 1. The van der Waals surface area contributed by atoms with Crippen molar-refractivity contribution in [2.75, 3.05) is 6.61 Å². The van der Waals surface area contributed by atoms with Crippen molar-refractivity contribution >= 4 is 17.3 Å². The molecule has 0 saturated heterocycles. The molecule has 3 rings (SSSR count). The molecule has 0 spiro atoms. The zero-order valence-electron chi connectivity index (χ0n) is 18.5. The second-order valence-corrected chi connectivity index (χ2v) is 7.79. The van der Waals surface area contributed by atoms with Crippen molar-refractivity contribution in [2.45, 2.75) is 25.3 Å². The Balaban J connectivity index is 1.85. The molecule has 34 heavy (non-hydrogen) atoms. The Kier molecular flexibility index (Phi) is 8.59. The summed E-state index contributed by atoms with van der Waals surface area (Å²) in [5.74, 6) is -1.60. The summed E-state index contributed by atoms with van der Waals surface area (Å²) in [6.07, 6.45) is 4.46. The molecule has 1 aromatic heterocycles. The van der Waals surface area contributed by atoms with Crippen molar-refractivity contribution in [1.82, 2.24) is 10.3 Å². The number of rotatable bonds is 10. The maximum atomic E-state index is 14.8. The number of nitrogens with two attached hydrogens (primary N) is 2. The molecule has 0 radical (unpaired) electrons. The number of aliphatic hydroxyl groups is 1. The number of benzene rings is 2. The SMILES string of the molecule is N/C(=C\C(=[NH2+])c1c(F)cccc1C(=O)N[C@@H](CCCO)Cc1ccccn1)c1ccc(F)cc1.